The van der Waals surface area contributed by atoms with Gasteiger partial charge in [0.15, 0.2) is 0 Å². The average Bonchev–Trinajstić information content (AvgIpc) is 2.86. The fourth-order valence-electron chi connectivity index (χ4n) is 4.68. The molecule has 1 fully saturated rings. The van der Waals surface area contributed by atoms with Gasteiger partial charge in [0, 0.05) is 68.5 Å². The molecule has 3 atom stereocenters. The third-order valence-electron chi connectivity index (χ3n) is 6.82. The number of rotatable bonds is 7. The number of carbonyl (C=O) groups is 1. The third kappa shape index (κ3) is 5.71. The van der Waals surface area contributed by atoms with E-state index in [1.807, 2.05) is 6.92 Å². The van der Waals surface area contributed by atoms with E-state index in [9.17, 15) is 9.90 Å². The van der Waals surface area contributed by atoms with E-state index in [0.717, 1.165) is 50.3 Å². The first kappa shape index (κ1) is 24.5. The summed E-state index contributed by atoms with van der Waals surface area (Å²) in [5.74, 6) is 0.823. The van der Waals surface area contributed by atoms with Gasteiger partial charge in [-0.05, 0) is 38.8 Å². The van der Waals surface area contributed by atoms with E-state index in [0.29, 0.717) is 23.9 Å². The number of amides is 1. The first-order chi connectivity index (χ1) is 16.5. The largest absolute Gasteiger partial charge is 0.472 e. The van der Waals surface area contributed by atoms with Gasteiger partial charge in [-0.1, -0.05) is 6.92 Å². The molecule has 9 nitrogen and oxygen atoms in total. The van der Waals surface area contributed by atoms with E-state index < -0.39 is 0 Å². The molecule has 2 aromatic heterocycles. The minimum Gasteiger partial charge on any atom is -0.472 e. The average molecular weight is 470 g/mol. The lowest BCUT2D eigenvalue weighted by Crippen LogP contribution is -2.50. The number of aliphatic hydroxyl groups excluding tert-OH is 1. The Balaban J connectivity index is 1.61. The molecule has 1 saturated heterocycles. The van der Waals surface area contributed by atoms with Crippen LogP contribution in [0.4, 0.5) is 0 Å². The molecule has 2 aliphatic heterocycles. The van der Waals surface area contributed by atoms with E-state index in [-0.39, 0.29) is 30.6 Å². The summed E-state index contributed by atoms with van der Waals surface area (Å²) in [6, 6.07) is 1.48. The number of hydrogen-bond donors (Lipinski definition) is 1. The predicted octanol–water partition coefficient (Wildman–Crippen LogP) is 2.12. The molecule has 0 spiro atoms. The summed E-state index contributed by atoms with van der Waals surface area (Å²) in [6.07, 6.45) is 8.55. The van der Waals surface area contributed by atoms with Crippen LogP contribution in [0.15, 0.2) is 31.0 Å². The van der Waals surface area contributed by atoms with Crippen LogP contribution in [0.3, 0.4) is 0 Å². The Kier molecular flexibility index (Phi) is 8.07. The van der Waals surface area contributed by atoms with Crippen molar-refractivity contribution in [2.45, 2.75) is 38.8 Å². The number of fused-ring (bicyclic) bond motifs is 1. The predicted molar refractivity (Wildman–Crippen MR) is 127 cm³/mol. The highest BCUT2D eigenvalue weighted by atomic mass is 16.5. The van der Waals surface area contributed by atoms with E-state index >= 15 is 0 Å². The van der Waals surface area contributed by atoms with Gasteiger partial charge in [0.2, 0.25) is 5.88 Å². The number of aromatic nitrogens is 3. The molecule has 34 heavy (non-hydrogen) atoms. The van der Waals surface area contributed by atoms with Gasteiger partial charge in [0.1, 0.15) is 18.0 Å². The smallest absolute Gasteiger partial charge is 0.259 e. The molecule has 2 aromatic rings. The summed E-state index contributed by atoms with van der Waals surface area (Å²) in [7, 11) is 2.12. The number of nitrogens with zero attached hydrogens (tertiary/aromatic N) is 5. The Hall–Kier alpha value is -2.62. The highest BCUT2D eigenvalue weighted by molar-refractivity contribution is 5.98. The van der Waals surface area contributed by atoms with Crippen molar-refractivity contribution < 1.29 is 19.4 Å². The van der Waals surface area contributed by atoms with Gasteiger partial charge in [0.05, 0.1) is 12.6 Å². The normalized spacial score (nSPS) is 22.6. The van der Waals surface area contributed by atoms with Gasteiger partial charge in [-0.25, -0.2) is 15.0 Å². The minimum absolute atomic E-state index is 0.0623. The van der Waals surface area contributed by atoms with Crippen molar-refractivity contribution in [3.63, 3.8) is 0 Å². The molecule has 1 N–H and O–H groups in total. The quantitative estimate of drug-likeness (QED) is 0.658. The van der Waals surface area contributed by atoms with Crippen molar-refractivity contribution in [2.75, 3.05) is 46.5 Å². The Morgan fingerprint density at radius 1 is 1.18 bits per heavy atom. The van der Waals surface area contributed by atoms with Crippen LogP contribution in [0.1, 0.15) is 37.0 Å². The maximum atomic E-state index is 13.6. The van der Waals surface area contributed by atoms with Crippen LogP contribution in [0.2, 0.25) is 0 Å². The molecular weight excluding hydrogens is 434 g/mol. The minimum atomic E-state index is -0.315. The Bertz CT molecular complexity index is 954. The highest BCUT2D eigenvalue weighted by Crippen LogP contribution is 2.30. The summed E-state index contributed by atoms with van der Waals surface area (Å²) >= 11 is 0. The monoisotopic (exact) mass is 469 g/mol. The topological polar surface area (TPSA) is 101 Å². The summed E-state index contributed by atoms with van der Waals surface area (Å²) < 4.78 is 11.9. The van der Waals surface area contributed by atoms with Gasteiger partial charge in [-0.3, -0.25) is 4.79 Å². The third-order valence-corrected chi connectivity index (χ3v) is 6.82. The number of carbonyl (C=O) groups excluding carboxylic acids is 1. The molecule has 2 aliphatic rings. The van der Waals surface area contributed by atoms with Crippen molar-refractivity contribution in [1.29, 1.82) is 0 Å². The lowest BCUT2D eigenvalue weighted by Gasteiger charge is -2.38. The summed E-state index contributed by atoms with van der Waals surface area (Å²) in [4.78, 5) is 30.3. The first-order valence-corrected chi connectivity index (χ1v) is 12.1. The van der Waals surface area contributed by atoms with Crippen LogP contribution >= 0.6 is 0 Å². The van der Waals surface area contributed by atoms with Gasteiger partial charge in [0.25, 0.3) is 5.91 Å². The molecule has 0 radical (unpaired) electrons. The Labute approximate surface area is 201 Å². The van der Waals surface area contributed by atoms with Crippen LogP contribution in [-0.2, 0) is 4.74 Å². The summed E-state index contributed by atoms with van der Waals surface area (Å²) in [6.45, 7) is 7.72. The van der Waals surface area contributed by atoms with E-state index in [4.69, 9.17) is 9.47 Å². The molecule has 4 heterocycles. The molecule has 184 valence electrons. The molecule has 0 unspecified atom stereocenters. The maximum Gasteiger partial charge on any atom is 0.259 e. The van der Waals surface area contributed by atoms with E-state index in [1.165, 1.54) is 6.33 Å². The number of likely N-dealkylation sites (N-methyl/N-ethyl adjacent to an activating group) is 1. The molecule has 0 aromatic carbocycles. The second-order valence-corrected chi connectivity index (χ2v) is 9.60. The van der Waals surface area contributed by atoms with Gasteiger partial charge < -0.3 is 24.4 Å². The zero-order valence-electron chi connectivity index (χ0n) is 20.3. The van der Waals surface area contributed by atoms with Gasteiger partial charge in [-0.2, -0.15) is 0 Å². The first-order valence-electron chi connectivity index (χ1n) is 12.1. The SMILES string of the molecule is C[C@H](CO)N1C[C@H](C)[C@H](CN(C)CC2CCOCC2)Oc2ncc(-c3cncnc3)cc2C1=O. The summed E-state index contributed by atoms with van der Waals surface area (Å²) in [5.41, 5.74) is 1.91. The zero-order chi connectivity index (χ0) is 24.1. The van der Waals surface area contributed by atoms with Crippen molar-refractivity contribution in [3.8, 4) is 17.0 Å². The fraction of sp³-hybridized carbons (Fsp3) is 0.600. The second kappa shape index (κ2) is 11.2. The zero-order valence-corrected chi connectivity index (χ0v) is 20.3. The van der Waals surface area contributed by atoms with Crippen molar-refractivity contribution in [3.05, 3.63) is 36.5 Å². The van der Waals surface area contributed by atoms with E-state index in [1.54, 1.807) is 29.6 Å². The molecule has 0 bridgehead atoms. The van der Waals surface area contributed by atoms with E-state index in [2.05, 4.69) is 33.8 Å². The number of pyridine rings is 1. The van der Waals surface area contributed by atoms with Crippen LogP contribution in [0, 0.1) is 11.8 Å². The standard InChI is InChI=1S/C25H35N5O4/c1-17-12-30(18(2)15-31)25(32)22-8-20(21-9-26-16-27-10-21)11-28-24(22)34-23(17)14-29(3)13-19-4-6-33-7-5-19/h8-11,16-19,23,31H,4-7,12-15H2,1-3H3/t17-,18+,23-/m0/s1. The Morgan fingerprint density at radius 3 is 2.62 bits per heavy atom. The molecule has 0 saturated carbocycles. The fourth-order valence-corrected chi connectivity index (χ4v) is 4.68. The van der Waals surface area contributed by atoms with Crippen LogP contribution in [-0.4, -0.2) is 94.4 Å². The number of aliphatic hydroxyl groups is 1. The van der Waals surface area contributed by atoms with Crippen molar-refractivity contribution in [1.82, 2.24) is 24.8 Å². The lowest BCUT2D eigenvalue weighted by atomic mass is 9.97. The highest BCUT2D eigenvalue weighted by Gasteiger charge is 2.34. The van der Waals surface area contributed by atoms with Crippen LogP contribution in [0.5, 0.6) is 5.88 Å². The molecular formula is C25H35N5O4. The number of ether oxygens (including phenoxy) is 2. The lowest BCUT2D eigenvalue weighted by molar-refractivity contribution is 0.0254. The second-order valence-electron chi connectivity index (χ2n) is 9.60. The maximum absolute atomic E-state index is 13.6. The molecule has 0 aliphatic carbocycles. The van der Waals surface area contributed by atoms with Crippen LogP contribution in [0.25, 0.3) is 11.1 Å². The molecule has 1 amide bonds. The van der Waals surface area contributed by atoms with Crippen molar-refractivity contribution >= 4 is 5.91 Å². The Morgan fingerprint density at radius 2 is 1.91 bits per heavy atom. The number of hydrogen-bond acceptors (Lipinski definition) is 8. The summed E-state index contributed by atoms with van der Waals surface area (Å²) in [5, 5.41) is 9.85. The molecule has 9 heteroatoms. The van der Waals surface area contributed by atoms with Gasteiger partial charge in [-0.15, -0.1) is 0 Å². The molecule has 4 rings (SSSR count). The van der Waals surface area contributed by atoms with Crippen molar-refractivity contribution in [2.24, 2.45) is 11.8 Å². The van der Waals surface area contributed by atoms with Gasteiger partial charge >= 0.3 is 0 Å². The van der Waals surface area contributed by atoms with Crippen LogP contribution < -0.4 is 4.74 Å².